The Labute approximate surface area is 243 Å². The van der Waals surface area contributed by atoms with E-state index in [1.165, 1.54) is 60.8 Å². The average molecular weight is 656 g/mol. The highest BCUT2D eigenvalue weighted by Crippen LogP contribution is 2.53. The zero-order valence-corrected chi connectivity index (χ0v) is 26.6. The molecule has 210 valence electrons. The van der Waals surface area contributed by atoms with Gasteiger partial charge < -0.3 is 28.4 Å². The molecule has 2 unspecified atom stereocenters. The van der Waals surface area contributed by atoms with E-state index in [4.69, 9.17) is 28.4 Å². The molecule has 2 aromatic rings. The van der Waals surface area contributed by atoms with Gasteiger partial charge in [-0.05, 0) is 93.3 Å². The van der Waals surface area contributed by atoms with E-state index in [0.717, 1.165) is 57.6 Å². The minimum atomic E-state index is 0.631. The van der Waals surface area contributed by atoms with Gasteiger partial charge in [0.1, 0.15) is 0 Å². The Morgan fingerprint density at radius 3 is 1.08 bits per heavy atom. The van der Waals surface area contributed by atoms with Gasteiger partial charge in [0.2, 0.25) is 11.5 Å². The van der Waals surface area contributed by atoms with Crippen LogP contribution in [0.1, 0.15) is 60.8 Å². The summed E-state index contributed by atoms with van der Waals surface area (Å²) in [5.41, 5.74) is 5.13. The van der Waals surface area contributed by atoms with E-state index in [1.807, 2.05) is 0 Å². The fraction of sp³-hybridized carbons (Fsp3) is 0.600. The molecule has 2 atom stereocenters. The topological polar surface area (TPSA) is 55.4 Å². The summed E-state index contributed by atoms with van der Waals surface area (Å²) in [7, 11) is 10.1. The second-order valence-electron chi connectivity index (χ2n) is 10.3. The van der Waals surface area contributed by atoms with Crippen molar-refractivity contribution in [2.24, 2.45) is 11.8 Å². The molecule has 0 radical (unpaired) electrons. The SMILES string of the molecule is COc1c(Br)c2c(c(OC)c1OC)CC(CCCCCCC1Cc3c(Br)c(OC)c(OC)c(OC)c3C1)C2. The van der Waals surface area contributed by atoms with E-state index in [2.05, 4.69) is 31.9 Å². The summed E-state index contributed by atoms with van der Waals surface area (Å²) in [6.07, 6.45) is 11.7. The molecule has 4 rings (SSSR count). The lowest BCUT2D eigenvalue weighted by Crippen LogP contribution is -2.01. The average Bonchev–Trinajstić information content (AvgIpc) is 3.55. The van der Waals surface area contributed by atoms with Crippen molar-refractivity contribution in [2.75, 3.05) is 42.7 Å². The van der Waals surface area contributed by atoms with E-state index < -0.39 is 0 Å². The van der Waals surface area contributed by atoms with Gasteiger partial charge in [0.25, 0.3) is 0 Å². The van der Waals surface area contributed by atoms with Crippen LogP contribution in [0.4, 0.5) is 0 Å². The monoisotopic (exact) mass is 654 g/mol. The summed E-state index contributed by atoms with van der Waals surface area (Å²) in [4.78, 5) is 0. The summed E-state index contributed by atoms with van der Waals surface area (Å²) in [6, 6.07) is 0. The summed E-state index contributed by atoms with van der Waals surface area (Å²) in [6.45, 7) is 0. The Morgan fingerprint density at radius 1 is 0.447 bits per heavy atom. The highest BCUT2D eigenvalue weighted by molar-refractivity contribution is 9.11. The van der Waals surface area contributed by atoms with Crippen molar-refractivity contribution in [3.8, 4) is 34.5 Å². The Hall–Kier alpha value is -1.80. The van der Waals surface area contributed by atoms with E-state index in [-0.39, 0.29) is 0 Å². The molecule has 0 aromatic heterocycles. The van der Waals surface area contributed by atoms with E-state index in [9.17, 15) is 0 Å². The van der Waals surface area contributed by atoms with Gasteiger partial charge >= 0.3 is 0 Å². The molecule has 2 aliphatic rings. The molecule has 0 aliphatic heterocycles. The minimum Gasteiger partial charge on any atom is -0.492 e. The molecule has 0 heterocycles. The van der Waals surface area contributed by atoms with Gasteiger partial charge in [-0.2, -0.15) is 0 Å². The maximum Gasteiger partial charge on any atom is 0.204 e. The van der Waals surface area contributed by atoms with Crippen LogP contribution in [0.3, 0.4) is 0 Å². The molecule has 6 nitrogen and oxygen atoms in total. The summed E-state index contributed by atoms with van der Waals surface area (Å²) in [5.74, 6) is 5.70. The highest BCUT2D eigenvalue weighted by Gasteiger charge is 2.33. The second-order valence-corrected chi connectivity index (χ2v) is 11.9. The molecule has 0 bridgehead atoms. The number of halogens is 2. The first-order valence-corrected chi connectivity index (χ1v) is 15.0. The molecule has 2 aromatic carbocycles. The Kier molecular flexibility index (Phi) is 10.0. The van der Waals surface area contributed by atoms with Crippen LogP contribution in [-0.2, 0) is 25.7 Å². The molecular formula is C30H40Br2O6. The lowest BCUT2D eigenvalue weighted by Gasteiger charge is -2.18. The predicted molar refractivity (Wildman–Crippen MR) is 157 cm³/mol. The van der Waals surface area contributed by atoms with Gasteiger partial charge in [0.05, 0.1) is 51.6 Å². The molecule has 0 saturated carbocycles. The van der Waals surface area contributed by atoms with Gasteiger partial charge in [0, 0.05) is 11.1 Å². The first-order valence-electron chi connectivity index (χ1n) is 13.4. The van der Waals surface area contributed by atoms with Gasteiger partial charge in [-0.3, -0.25) is 0 Å². The minimum absolute atomic E-state index is 0.631. The standard InChI is InChI=1S/C30H40Br2O6/c1-33-25-21-15-17(13-19(21)23(31)27(35-3)29(25)37-5)11-9-7-8-10-12-18-14-20-22(16-18)26(34-2)30(38-6)28(36-4)24(20)32/h17-18H,7-16H2,1-6H3. The molecule has 8 heteroatoms. The van der Waals surface area contributed by atoms with Crippen LogP contribution in [0.15, 0.2) is 8.95 Å². The predicted octanol–water partition coefficient (Wildman–Crippen LogP) is 7.73. The fourth-order valence-corrected chi connectivity index (χ4v) is 7.93. The lowest BCUT2D eigenvalue weighted by molar-refractivity contribution is 0.320. The number of ether oxygens (including phenoxy) is 6. The van der Waals surface area contributed by atoms with Crippen LogP contribution in [0.25, 0.3) is 0 Å². The van der Waals surface area contributed by atoms with Crippen LogP contribution >= 0.6 is 31.9 Å². The number of benzene rings is 2. The molecule has 0 spiro atoms. The van der Waals surface area contributed by atoms with Crippen molar-refractivity contribution in [1.82, 2.24) is 0 Å². The van der Waals surface area contributed by atoms with Crippen molar-refractivity contribution in [3.63, 3.8) is 0 Å². The molecular weight excluding hydrogens is 616 g/mol. The highest BCUT2D eigenvalue weighted by atomic mass is 79.9. The number of hydrogen-bond acceptors (Lipinski definition) is 6. The van der Waals surface area contributed by atoms with Gasteiger partial charge in [-0.1, -0.05) is 25.7 Å². The quantitative estimate of drug-likeness (QED) is 0.206. The third-order valence-corrected chi connectivity index (χ3v) is 9.88. The summed E-state index contributed by atoms with van der Waals surface area (Å²) < 4.78 is 36.0. The Bertz CT molecular complexity index is 1060. The zero-order chi connectivity index (χ0) is 27.4. The van der Waals surface area contributed by atoms with Crippen LogP contribution in [0, 0.1) is 11.8 Å². The Morgan fingerprint density at radius 2 is 0.763 bits per heavy atom. The van der Waals surface area contributed by atoms with Gasteiger partial charge in [-0.25, -0.2) is 0 Å². The van der Waals surface area contributed by atoms with E-state index >= 15 is 0 Å². The van der Waals surface area contributed by atoms with Crippen molar-refractivity contribution < 1.29 is 28.4 Å². The van der Waals surface area contributed by atoms with Crippen LogP contribution in [-0.4, -0.2) is 42.7 Å². The van der Waals surface area contributed by atoms with Crippen molar-refractivity contribution in [1.29, 1.82) is 0 Å². The van der Waals surface area contributed by atoms with Crippen LogP contribution in [0.5, 0.6) is 34.5 Å². The third kappa shape index (κ3) is 5.45. The van der Waals surface area contributed by atoms with E-state index in [0.29, 0.717) is 23.3 Å². The molecule has 0 N–H and O–H groups in total. The maximum absolute atomic E-state index is 5.75. The molecule has 38 heavy (non-hydrogen) atoms. The maximum atomic E-state index is 5.75. The zero-order valence-electron chi connectivity index (χ0n) is 23.4. The largest absolute Gasteiger partial charge is 0.492 e. The smallest absolute Gasteiger partial charge is 0.204 e. The molecule has 0 saturated heterocycles. The van der Waals surface area contributed by atoms with Crippen molar-refractivity contribution >= 4 is 31.9 Å². The third-order valence-electron chi connectivity index (χ3n) is 8.20. The van der Waals surface area contributed by atoms with Gasteiger partial charge in [-0.15, -0.1) is 0 Å². The van der Waals surface area contributed by atoms with Crippen molar-refractivity contribution in [2.45, 2.75) is 64.2 Å². The number of fused-ring (bicyclic) bond motifs is 2. The number of methoxy groups -OCH3 is 6. The number of unbranched alkanes of at least 4 members (excludes halogenated alkanes) is 3. The number of hydrogen-bond donors (Lipinski definition) is 0. The Balaban J connectivity index is 1.26. The molecule has 0 amide bonds. The van der Waals surface area contributed by atoms with Crippen LogP contribution < -0.4 is 28.4 Å². The number of rotatable bonds is 13. The molecule has 0 fully saturated rings. The molecule has 2 aliphatic carbocycles. The second kappa shape index (κ2) is 13.0. The van der Waals surface area contributed by atoms with Crippen LogP contribution in [0.2, 0.25) is 0 Å². The van der Waals surface area contributed by atoms with E-state index in [1.54, 1.807) is 42.7 Å². The summed E-state index contributed by atoms with van der Waals surface area (Å²) >= 11 is 7.53. The lowest BCUT2D eigenvalue weighted by atomic mass is 9.95. The summed E-state index contributed by atoms with van der Waals surface area (Å²) in [5, 5.41) is 0. The van der Waals surface area contributed by atoms with Gasteiger partial charge in [0.15, 0.2) is 23.0 Å². The van der Waals surface area contributed by atoms with Crippen molar-refractivity contribution in [3.05, 3.63) is 31.2 Å². The normalized spacial score (nSPS) is 17.7. The first-order chi connectivity index (χ1) is 18.4. The fourth-order valence-electron chi connectivity index (χ4n) is 6.44. The first kappa shape index (κ1) is 29.2.